The normalized spacial score (nSPS) is 10.4. The van der Waals surface area contributed by atoms with Crippen molar-refractivity contribution in [3.05, 3.63) is 59.7 Å². The van der Waals surface area contributed by atoms with Crippen LogP contribution in [-0.2, 0) is 0 Å². The van der Waals surface area contributed by atoms with Crippen molar-refractivity contribution in [3.8, 4) is 5.75 Å². The summed E-state index contributed by atoms with van der Waals surface area (Å²) in [6.45, 7) is 3.85. The van der Waals surface area contributed by atoms with Gasteiger partial charge in [-0.05, 0) is 44.2 Å². The summed E-state index contributed by atoms with van der Waals surface area (Å²) in [5.74, 6) is 0.182. The van der Waals surface area contributed by atoms with Crippen LogP contribution in [0.25, 0.3) is 0 Å². The maximum absolute atomic E-state index is 12.5. The van der Waals surface area contributed by atoms with Gasteiger partial charge in [-0.3, -0.25) is 9.59 Å². The van der Waals surface area contributed by atoms with Gasteiger partial charge >= 0.3 is 0 Å². The molecule has 0 aliphatic rings. The Morgan fingerprint density at radius 3 is 2.42 bits per heavy atom. The van der Waals surface area contributed by atoms with Crippen molar-refractivity contribution in [2.24, 2.45) is 0 Å². The quantitative estimate of drug-likeness (QED) is 0.916. The highest BCUT2D eigenvalue weighted by molar-refractivity contribution is 6.09. The molecule has 0 heterocycles. The Kier molecular flexibility index (Phi) is 5.58. The lowest BCUT2D eigenvalue weighted by Gasteiger charge is -2.15. The van der Waals surface area contributed by atoms with Crippen LogP contribution < -0.4 is 10.1 Å². The Morgan fingerprint density at radius 1 is 1.04 bits per heavy atom. The minimum atomic E-state index is -0.289. The van der Waals surface area contributed by atoms with Crippen molar-refractivity contribution in [1.29, 1.82) is 0 Å². The Bertz CT molecular complexity index is 739. The van der Waals surface area contributed by atoms with Crippen LogP contribution in [-0.4, -0.2) is 36.9 Å². The summed E-state index contributed by atoms with van der Waals surface area (Å²) in [7, 11) is 3.35. The second-order valence-corrected chi connectivity index (χ2v) is 5.89. The lowest BCUT2D eigenvalue weighted by atomic mass is 10.1. The maximum Gasteiger partial charge on any atom is 0.255 e. The SMILES string of the molecule is CC(C)Oc1cccc(C(=O)Nc2ccccc2C(=O)N(C)C)c1. The number of anilines is 1. The molecule has 24 heavy (non-hydrogen) atoms. The average Bonchev–Trinajstić information content (AvgIpc) is 2.54. The van der Waals surface area contributed by atoms with Gasteiger partial charge in [-0.1, -0.05) is 18.2 Å². The number of benzene rings is 2. The van der Waals surface area contributed by atoms with Crippen molar-refractivity contribution in [3.63, 3.8) is 0 Å². The zero-order chi connectivity index (χ0) is 17.7. The summed E-state index contributed by atoms with van der Waals surface area (Å²) in [6.07, 6.45) is 0.0294. The number of carbonyl (C=O) groups is 2. The molecule has 0 atom stereocenters. The van der Waals surface area contributed by atoms with Crippen molar-refractivity contribution < 1.29 is 14.3 Å². The Hall–Kier alpha value is -2.82. The molecule has 1 N–H and O–H groups in total. The molecule has 0 saturated carbocycles. The zero-order valence-corrected chi connectivity index (χ0v) is 14.4. The topological polar surface area (TPSA) is 58.6 Å². The van der Waals surface area contributed by atoms with Gasteiger partial charge < -0.3 is 15.0 Å². The molecule has 126 valence electrons. The molecule has 0 radical (unpaired) electrons. The van der Waals surface area contributed by atoms with Crippen LogP contribution >= 0.6 is 0 Å². The molecular weight excluding hydrogens is 304 g/mol. The zero-order valence-electron chi connectivity index (χ0n) is 14.4. The molecule has 0 aliphatic heterocycles. The molecule has 2 rings (SSSR count). The van der Waals surface area contributed by atoms with Crippen LogP contribution in [0.3, 0.4) is 0 Å². The molecule has 0 aromatic heterocycles. The molecule has 2 aromatic carbocycles. The summed E-state index contributed by atoms with van der Waals surface area (Å²) in [4.78, 5) is 26.2. The molecule has 0 spiro atoms. The van der Waals surface area contributed by atoms with Crippen LogP contribution in [0, 0.1) is 0 Å². The minimum absolute atomic E-state index is 0.0294. The largest absolute Gasteiger partial charge is 0.491 e. The van der Waals surface area contributed by atoms with E-state index < -0.39 is 0 Å². The highest BCUT2D eigenvalue weighted by atomic mass is 16.5. The van der Waals surface area contributed by atoms with E-state index in [0.29, 0.717) is 22.6 Å². The van der Waals surface area contributed by atoms with Crippen molar-refractivity contribution >= 4 is 17.5 Å². The van der Waals surface area contributed by atoms with Gasteiger partial charge in [0.15, 0.2) is 0 Å². The van der Waals surface area contributed by atoms with Gasteiger partial charge in [-0.2, -0.15) is 0 Å². The molecule has 0 aliphatic carbocycles. The van der Waals surface area contributed by atoms with Crippen molar-refractivity contribution in [2.45, 2.75) is 20.0 Å². The van der Waals surface area contributed by atoms with E-state index in [0.717, 1.165) is 0 Å². The van der Waals surface area contributed by atoms with Gasteiger partial charge in [0.1, 0.15) is 5.75 Å². The van der Waals surface area contributed by atoms with Crippen LogP contribution in [0.4, 0.5) is 5.69 Å². The van der Waals surface area contributed by atoms with Crippen LogP contribution in [0.15, 0.2) is 48.5 Å². The first-order valence-corrected chi connectivity index (χ1v) is 7.77. The maximum atomic E-state index is 12.5. The molecule has 5 heteroatoms. The summed E-state index contributed by atoms with van der Waals surface area (Å²) >= 11 is 0. The Balaban J connectivity index is 2.23. The third-order valence-corrected chi connectivity index (χ3v) is 3.28. The third kappa shape index (κ3) is 4.35. The highest BCUT2D eigenvalue weighted by Crippen LogP contribution is 2.20. The molecule has 0 bridgehead atoms. The first-order valence-electron chi connectivity index (χ1n) is 7.77. The number of hydrogen-bond acceptors (Lipinski definition) is 3. The van der Waals surface area contributed by atoms with Gasteiger partial charge in [-0.15, -0.1) is 0 Å². The standard InChI is InChI=1S/C19H22N2O3/c1-13(2)24-15-9-7-8-14(12-15)18(22)20-17-11-6-5-10-16(17)19(23)21(3)4/h5-13H,1-4H3,(H,20,22). The number of amides is 2. The van der Waals surface area contributed by atoms with Crippen LogP contribution in [0.1, 0.15) is 34.6 Å². The predicted octanol–water partition coefficient (Wildman–Crippen LogP) is 3.43. The third-order valence-electron chi connectivity index (χ3n) is 3.28. The lowest BCUT2D eigenvalue weighted by molar-refractivity contribution is 0.0828. The molecule has 5 nitrogen and oxygen atoms in total. The van der Waals surface area contributed by atoms with Crippen LogP contribution in [0.5, 0.6) is 5.75 Å². The second kappa shape index (κ2) is 7.64. The molecule has 0 fully saturated rings. The molecule has 0 unspecified atom stereocenters. The lowest BCUT2D eigenvalue weighted by Crippen LogP contribution is -2.24. The number of rotatable bonds is 5. The first-order chi connectivity index (χ1) is 11.4. The van der Waals surface area contributed by atoms with E-state index in [1.54, 1.807) is 62.6 Å². The monoisotopic (exact) mass is 326 g/mol. The van der Waals surface area contributed by atoms with E-state index in [1.807, 2.05) is 13.8 Å². The fourth-order valence-electron chi connectivity index (χ4n) is 2.20. The summed E-state index contributed by atoms with van der Waals surface area (Å²) in [6, 6.07) is 13.9. The summed E-state index contributed by atoms with van der Waals surface area (Å²) in [5.41, 5.74) is 1.40. The van der Waals surface area contributed by atoms with E-state index in [1.165, 1.54) is 4.90 Å². The predicted molar refractivity (Wildman–Crippen MR) is 94.6 cm³/mol. The minimum Gasteiger partial charge on any atom is -0.491 e. The van der Waals surface area contributed by atoms with Crippen molar-refractivity contribution in [2.75, 3.05) is 19.4 Å². The molecular formula is C19H22N2O3. The van der Waals surface area contributed by atoms with Gasteiger partial charge in [0.25, 0.3) is 11.8 Å². The number of hydrogen-bond donors (Lipinski definition) is 1. The van der Waals surface area contributed by atoms with Gasteiger partial charge in [0.05, 0.1) is 17.4 Å². The van der Waals surface area contributed by atoms with E-state index in [2.05, 4.69) is 5.32 Å². The fraction of sp³-hybridized carbons (Fsp3) is 0.263. The number of nitrogens with one attached hydrogen (secondary N) is 1. The van der Waals surface area contributed by atoms with Crippen molar-refractivity contribution in [1.82, 2.24) is 4.90 Å². The van der Waals surface area contributed by atoms with E-state index in [9.17, 15) is 9.59 Å². The van der Waals surface area contributed by atoms with Gasteiger partial charge in [0, 0.05) is 19.7 Å². The molecule has 0 saturated heterocycles. The second-order valence-electron chi connectivity index (χ2n) is 5.89. The van der Waals surface area contributed by atoms with E-state index >= 15 is 0 Å². The number of para-hydroxylation sites is 1. The highest BCUT2D eigenvalue weighted by Gasteiger charge is 2.15. The van der Waals surface area contributed by atoms with E-state index in [-0.39, 0.29) is 17.9 Å². The fourth-order valence-corrected chi connectivity index (χ4v) is 2.20. The van der Waals surface area contributed by atoms with E-state index in [4.69, 9.17) is 4.74 Å². The van der Waals surface area contributed by atoms with Gasteiger partial charge in [-0.25, -0.2) is 0 Å². The average molecular weight is 326 g/mol. The smallest absolute Gasteiger partial charge is 0.255 e. The molecule has 2 aromatic rings. The van der Waals surface area contributed by atoms with Gasteiger partial charge in [0.2, 0.25) is 0 Å². The Labute approximate surface area is 142 Å². The number of nitrogens with zero attached hydrogens (tertiary/aromatic N) is 1. The Morgan fingerprint density at radius 2 is 1.75 bits per heavy atom. The number of ether oxygens (including phenoxy) is 1. The summed E-state index contributed by atoms with van der Waals surface area (Å²) in [5, 5.41) is 2.80. The number of carbonyl (C=O) groups excluding carboxylic acids is 2. The summed E-state index contributed by atoms with van der Waals surface area (Å²) < 4.78 is 5.61. The first kappa shape index (κ1) is 17.5. The molecule has 2 amide bonds. The van der Waals surface area contributed by atoms with Crippen LogP contribution in [0.2, 0.25) is 0 Å².